The number of nitrogen functional groups attached to an aromatic ring is 1. The molecule has 0 radical (unpaired) electrons. The summed E-state index contributed by atoms with van der Waals surface area (Å²) in [4.78, 5) is 0.264. The third kappa shape index (κ3) is 3.71. The average molecular weight is 402 g/mol. The Bertz CT molecular complexity index is 682. The number of anilines is 1. The van der Waals surface area contributed by atoms with E-state index in [0.717, 1.165) is 9.13 Å². The maximum Gasteiger partial charge on any atom is 0.241 e. The number of rotatable bonds is 4. The second kappa shape index (κ2) is 6.11. The summed E-state index contributed by atoms with van der Waals surface area (Å²) < 4.78 is 28.2. The Morgan fingerprint density at radius 3 is 2.15 bits per heavy atom. The molecule has 0 saturated heterocycles. The summed E-state index contributed by atoms with van der Waals surface area (Å²) >= 11 is 2.14. The van der Waals surface area contributed by atoms with Gasteiger partial charge in [0.1, 0.15) is 0 Å². The molecular weight excluding hydrogens is 387 g/mol. The molecule has 0 aliphatic heterocycles. The minimum Gasteiger partial charge on any atom is -0.399 e. The van der Waals surface area contributed by atoms with Gasteiger partial charge in [-0.2, -0.15) is 0 Å². The van der Waals surface area contributed by atoms with E-state index in [2.05, 4.69) is 27.3 Å². The highest BCUT2D eigenvalue weighted by molar-refractivity contribution is 14.1. The van der Waals surface area contributed by atoms with Gasteiger partial charge >= 0.3 is 0 Å². The second-order valence-electron chi connectivity index (χ2n) is 4.46. The molecule has 2 aromatic carbocycles. The van der Waals surface area contributed by atoms with E-state index in [4.69, 9.17) is 5.73 Å². The number of halogens is 1. The predicted molar refractivity (Wildman–Crippen MR) is 88.7 cm³/mol. The molecule has 0 amide bonds. The molecule has 2 rings (SSSR count). The summed E-state index contributed by atoms with van der Waals surface area (Å²) in [6.07, 6.45) is 0. The quantitative estimate of drug-likeness (QED) is 0.610. The lowest BCUT2D eigenvalue weighted by molar-refractivity contribution is 0.567. The zero-order chi connectivity index (χ0) is 14.8. The Morgan fingerprint density at radius 1 is 1.05 bits per heavy atom. The Balaban J connectivity index is 2.19. The lowest BCUT2D eigenvalue weighted by Gasteiger charge is -2.15. The van der Waals surface area contributed by atoms with Crippen LogP contribution in [-0.2, 0) is 10.0 Å². The molecule has 106 valence electrons. The van der Waals surface area contributed by atoms with Crippen molar-refractivity contribution in [2.45, 2.75) is 17.9 Å². The summed E-state index contributed by atoms with van der Waals surface area (Å²) in [5, 5.41) is 0. The van der Waals surface area contributed by atoms with Crippen LogP contribution >= 0.6 is 22.6 Å². The number of sulfonamides is 1. The van der Waals surface area contributed by atoms with Crippen LogP contribution in [0.4, 0.5) is 5.69 Å². The Hall–Kier alpha value is -1.12. The molecule has 3 N–H and O–H groups in total. The third-order valence-corrected chi connectivity index (χ3v) is 5.17. The summed E-state index contributed by atoms with van der Waals surface area (Å²) in [5.41, 5.74) is 7.14. The molecule has 0 heterocycles. The van der Waals surface area contributed by atoms with Crippen LogP contribution in [0.5, 0.6) is 0 Å². The molecule has 0 aliphatic rings. The lowest BCUT2D eigenvalue weighted by atomic mass is 10.1. The highest BCUT2D eigenvalue weighted by Crippen LogP contribution is 2.18. The van der Waals surface area contributed by atoms with E-state index in [1.807, 2.05) is 12.1 Å². The van der Waals surface area contributed by atoms with Crippen molar-refractivity contribution < 1.29 is 8.42 Å². The summed E-state index contributed by atoms with van der Waals surface area (Å²) in [6.45, 7) is 1.80. The first-order chi connectivity index (χ1) is 9.38. The van der Waals surface area contributed by atoms with E-state index < -0.39 is 10.0 Å². The lowest BCUT2D eigenvalue weighted by Crippen LogP contribution is -2.26. The molecular formula is C14H15IN2O2S. The maximum absolute atomic E-state index is 12.3. The van der Waals surface area contributed by atoms with Crippen LogP contribution in [0.3, 0.4) is 0 Å². The Labute approximate surface area is 132 Å². The largest absolute Gasteiger partial charge is 0.399 e. The van der Waals surface area contributed by atoms with E-state index in [1.165, 1.54) is 0 Å². The molecule has 1 unspecified atom stereocenters. The summed E-state index contributed by atoms with van der Waals surface area (Å²) in [7, 11) is -3.52. The molecule has 0 spiro atoms. The first-order valence-corrected chi connectivity index (χ1v) is 8.58. The molecule has 0 fully saturated rings. The van der Waals surface area contributed by atoms with Crippen molar-refractivity contribution in [3.05, 3.63) is 57.7 Å². The first-order valence-electron chi connectivity index (χ1n) is 6.02. The molecule has 0 aromatic heterocycles. The zero-order valence-corrected chi connectivity index (χ0v) is 13.9. The van der Waals surface area contributed by atoms with Gasteiger partial charge in [-0.05, 0) is 71.5 Å². The van der Waals surface area contributed by atoms with Crippen LogP contribution in [0.1, 0.15) is 18.5 Å². The van der Waals surface area contributed by atoms with Gasteiger partial charge in [0.25, 0.3) is 0 Å². The third-order valence-electron chi connectivity index (χ3n) is 2.89. The SMILES string of the molecule is CC(NS(=O)(=O)c1ccc(I)cc1)c1ccc(N)cc1. The van der Waals surface area contributed by atoms with E-state index in [-0.39, 0.29) is 10.9 Å². The van der Waals surface area contributed by atoms with Gasteiger partial charge in [0, 0.05) is 15.3 Å². The van der Waals surface area contributed by atoms with Crippen LogP contribution < -0.4 is 10.5 Å². The highest BCUT2D eigenvalue weighted by Gasteiger charge is 2.18. The molecule has 0 aliphatic carbocycles. The van der Waals surface area contributed by atoms with Crippen LogP contribution in [0.15, 0.2) is 53.4 Å². The van der Waals surface area contributed by atoms with Crippen LogP contribution in [0.2, 0.25) is 0 Å². The van der Waals surface area contributed by atoms with Gasteiger partial charge < -0.3 is 5.73 Å². The number of hydrogen-bond donors (Lipinski definition) is 2. The Kier molecular flexibility index (Phi) is 4.66. The first kappa shape index (κ1) is 15.3. The fourth-order valence-electron chi connectivity index (χ4n) is 1.77. The van der Waals surface area contributed by atoms with Gasteiger partial charge in [-0.15, -0.1) is 0 Å². The number of hydrogen-bond acceptors (Lipinski definition) is 3. The van der Waals surface area contributed by atoms with Gasteiger partial charge in [-0.3, -0.25) is 0 Å². The Morgan fingerprint density at radius 2 is 1.60 bits per heavy atom. The topological polar surface area (TPSA) is 72.2 Å². The van der Waals surface area contributed by atoms with Crippen molar-refractivity contribution in [1.29, 1.82) is 0 Å². The maximum atomic E-state index is 12.3. The highest BCUT2D eigenvalue weighted by atomic mass is 127. The molecule has 0 saturated carbocycles. The van der Waals surface area contributed by atoms with Crippen molar-refractivity contribution in [3.8, 4) is 0 Å². The molecule has 1 atom stereocenters. The van der Waals surface area contributed by atoms with E-state index in [1.54, 1.807) is 43.3 Å². The van der Waals surface area contributed by atoms with Gasteiger partial charge in [0.15, 0.2) is 0 Å². The molecule has 20 heavy (non-hydrogen) atoms. The van der Waals surface area contributed by atoms with Crippen molar-refractivity contribution in [1.82, 2.24) is 4.72 Å². The molecule has 4 nitrogen and oxygen atoms in total. The molecule has 0 bridgehead atoms. The summed E-state index contributed by atoms with van der Waals surface area (Å²) in [5.74, 6) is 0. The average Bonchev–Trinajstić information content (AvgIpc) is 2.39. The van der Waals surface area contributed by atoms with E-state index in [0.29, 0.717) is 5.69 Å². The van der Waals surface area contributed by atoms with Crippen molar-refractivity contribution in [2.75, 3.05) is 5.73 Å². The smallest absolute Gasteiger partial charge is 0.241 e. The number of benzene rings is 2. The minimum absolute atomic E-state index is 0.264. The van der Waals surface area contributed by atoms with E-state index >= 15 is 0 Å². The van der Waals surface area contributed by atoms with Gasteiger partial charge in [0.2, 0.25) is 10.0 Å². The standard InChI is InChI=1S/C14H15IN2O2S/c1-10(11-2-6-13(16)7-3-11)17-20(18,19)14-8-4-12(15)5-9-14/h2-10,17H,16H2,1H3. The van der Waals surface area contributed by atoms with E-state index in [9.17, 15) is 8.42 Å². The zero-order valence-electron chi connectivity index (χ0n) is 10.9. The number of nitrogens with one attached hydrogen (secondary N) is 1. The second-order valence-corrected chi connectivity index (χ2v) is 7.42. The fraction of sp³-hybridized carbons (Fsp3) is 0.143. The van der Waals surface area contributed by atoms with Crippen LogP contribution in [0.25, 0.3) is 0 Å². The van der Waals surface area contributed by atoms with Crippen molar-refractivity contribution in [3.63, 3.8) is 0 Å². The van der Waals surface area contributed by atoms with Gasteiger partial charge in [0.05, 0.1) is 4.90 Å². The predicted octanol–water partition coefficient (Wildman–Crippen LogP) is 2.91. The van der Waals surface area contributed by atoms with Crippen molar-refractivity contribution in [2.24, 2.45) is 0 Å². The fourth-order valence-corrected chi connectivity index (χ4v) is 3.36. The minimum atomic E-state index is -3.52. The van der Waals surface area contributed by atoms with Crippen LogP contribution in [-0.4, -0.2) is 8.42 Å². The van der Waals surface area contributed by atoms with Crippen molar-refractivity contribution >= 4 is 38.3 Å². The van der Waals surface area contributed by atoms with Crippen LogP contribution in [0, 0.1) is 3.57 Å². The summed E-state index contributed by atoms with van der Waals surface area (Å²) in [6, 6.07) is 13.6. The van der Waals surface area contributed by atoms with Gasteiger partial charge in [-0.25, -0.2) is 13.1 Å². The molecule has 6 heteroatoms. The normalized spacial score (nSPS) is 13.1. The monoisotopic (exact) mass is 402 g/mol. The number of nitrogens with two attached hydrogens (primary N) is 1. The van der Waals surface area contributed by atoms with Gasteiger partial charge in [-0.1, -0.05) is 12.1 Å². The molecule has 2 aromatic rings.